The van der Waals surface area contributed by atoms with Gasteiger partial charge in [0.05, 0.1) is 22.6 Å². The molecule has 0 spiro atoms. The summed E-state index contributed by atoms with van der Waals surface area (Å²) >= 11 is 0. The third-order valence-electron chi connectivity index (χ3n) is 6.94. The van der Waals surface area contributed by atoms with Crippen LogP contribution in [0, 0.1) is 5.82 Å². The molecule has 2 aromatic carbocycles. The predicted octanol–water partition coefficient (Wildman–Crippen LogP) is 6.02. The van der Waals surface area contributed by atoms with E-state index in [0.717, 1.165) is 47.6 Å². The molecule has 5 aromatic rings. The van der Waals surface area contributed by atoms with E-state index in [1.54, 1.807) is 16.9 Å². The first-order chi connectivity index (χ1) is 20.0. The number of anilines is 2. The SMILES string of the molecule is CNC(=O)c1cc(Oc2ccc(NC(=O)Nc3cc(C4CCC4)nn3-c3ccc4ncccc4c3)c(F)c2)ccn1. The largest absolute Gasteiger partial charge is 0.457 e. The van der Waals surface area contributed by atoms with Crippen LogP contribution in [0.1, 0.15) is 41.4 Å². The zero-order valence-corrected chi connectivity index (χ0v) is 22.1. The van der Waals surface area contributed by atoms with Gasteiger partial charge in [-0.3, -0.25) is 20.1 Å². The Labute approximate surface area is 234 Å². The third kappa shape index (κ3) is 5.55. The van der Waals surface area contributed by atoms with Gasteiger partial charge in [0.25, 0.3) is 5.91 Å². The zero-order chi connectivity index (χ0) is 28.3. The monoisotopic (exact) mass is 551 g/mol. The minimum atomic E-state index is -0.691. The Bertz CT molecular complexity index is 1770. The first-order valence-electron chi connectivity index (χ1n) is 13.2. The van der Waals surface area contributed by atoms with Crippen LogP contribution in [0.2, 0.25) is 0 Å². The molecule has 0 aliphatic heterocycles. The minimum absolute atomic E-state index is 0.0299. The summed E-state index contributed by atoms with van der Waals surface area (Å²) < 4.78 is 22.3. The molecule has 3 N–H and O–H groups in total. The Morgan fingerprint density at radius 3 is 2.59 bits per heavy atom. The summed E-state index contributed by atoms with van der Waals surface area (Å²) in [4.78, 5) is 33.1. The Balaban J connectivity index is 1.19. The first-order valence-corrected chi connectivity index (χ1v) is 13.2. The maximum absolute atomic E-state index is 14.9. The Hall–Kier alpha value is -5.32. The summed E-state index contributed by atoms with van der Waals surface area (Å²) in [5.41, 5.74) is 2.67. The number of ether oxygens (including phenoxy) is 1. The van der Waals surface area contributed by atoms with Crippen LogP contribution in [0.15, 0.2) is 79.1 Å². The summed E-state index contributed by atoms with van der Waals surface area (Å²) in [5.74, 6) is 0.264. The van der Waals surface area contributed by atoms with Crippen molar-refractivity contribution < 1.29 is 18.7 Å². The second-order valence-corrected chi connectivity index (χ2v) is 9.65. The van der Waals surface area contributed by atoms with E-state index in [9.17, 15) is 14.0 Å². The standard InChI is InChI=1S/C30H26FN7O3/c1-32-29(39)27-16-22(11-13-34-27)41-21-8-10-25(23(31)15-21)35-30(40)36-28-17-26(18-4-2-5-18)37-38(28)20-7-9-24-19(14-20)6-3-12-33-24/h3,6-18H,2,4-5H2,1H3,(H,32,39)(H2,35,36,40). The van der Waals surface area contributed by atoms with E-state index in [2.05, 4.69) is 25.9 Å². The maximum Gasteiger partial charge on any atom is 0.324 e. The third-order valence-corrected chi connectivity index (χ3v) is 6.94. The minimum Gasteiger partial charge on any atom is -0.457 e. The van der Waals surface area contributed by atoms with Gasteiger partial charge in [-0.25, -0.2) is 13.9 Å². The molecule has 1 fully saturated rings. The second kappa shape index (κ2) is 11.0. The van der Waals surface area contributed by atoms with Gasteiger partial charge < -0.3 is 15.4 Å². The molecule has 6 rings (SSSR count). The van der Waals surface area contributed by atoms with Crippen molar-refractivity contribution in [1.82, 2.24) is 25.1 Å². The summed E-state index contributed by atoms with van der Waals surface area (Å²) in [5, 5.41) is 13.6. The van der Waals surface area contributed by atoms with E-state index in [-0.39, 0.29) is 23.0 Å². The predicted molar refractivity (Wildman–Crippen MR) is 152 cm³/mol. The molecule has 3 heterocycles. The zero-order valence-electron chi connectivity index (χ0n) is 22.1. The molecular formula is C30H26FN7O3. The Morgan fingerprint density at radius 2 is 1.80 bits per heavy atom. The van der Waals surface area contributed by atoms with E-state index in [1.165, 1.54) is 31.4 Å². The Kier molecular flexibility index (Phi) is 6.99. The molecule has 0 unspecified atom stereocenters. The molecule has 3 aromatic heterocycles. The number of pyridine rings is 2. The van der Waals surface area contributed by atoms with Crippen LogP contribution in [0.5, 0.6) is 11.5 Å². The number of carbonyl (C=O) groups excluding carboxylic acids is 2. The lowest BCUT2D eigenvalue weighted by Crippen LogP contribution is -2.22. The highest BCUT2D eigenvalue weighted by atomic mass is 19.1. The van der Waals surface area contributed by atoms with Crippen LogP contribution in [0.3, 0.4) is 0 Å². The molecule has 206 valence electrons. The number of carbonyl (C=O) groups is 2. The number of hydrogen-bond donors (Lipinski definition) is 3. The second-order valence-electron chi connectivity index (χ2n) is 9.65. The summed E-state index contributed by atoms with van der Waals surface area (Å²) in [6.07, 6.45) is 6.42. The number of benzene rings is 2. The fraction of sp³-hybridized carbons (Fsp3) is 0.167. The highest BCUT2D eigenvalue weighted by Crippen LogP contribution is 2.37. The molecule has 1 saturated carbocycles. The number of halogens is 1. The van der Waals surface area contributed by atoms with E-state index < -0.39 is 11.8 Å². The highest BCUT2D eigenvalue weighted by Gasteiger charge is 2.25. The molecular weight excluding hydrogens is 525 g/mol. The van der Waals surface area contributed by atoms with Crippen LogP contribution < -0.4 is 20.7 Å². The first kappa shape index (κ1) is 25.9. The van der Waals surface area contributed by atoms with Crippen molar-refractivity contribution in [3.8, 4) is 17.2 Å². The van der Waals surface area contributed by atoms with Crippen LogP contribution in [-0.2, 0) is 0 Å². The van der Waals surface area contributed by atoms with Crippen LogP contribution in [-0.4, -0.2) is 38.7 Å². The molecule has 10 nitrogen and oxygen atoms in total. The molecule has 1 aliphatic rings. The van der Waals surface area contributed by atoms with Gasteiger partial charge in [-0.05, 0) is 55.3 Å². The number of nitrogens with zero attached hydrogens (tertiary/aromatic N) is 4. The van der Waals surface area contributed by atoms with E-state index in [4.69, 9.17) is 9.84 Å². The summed E-state index contributed by atoms with van der Waals surface area (Å²) in [6.45, 7) is 0. The number of rotatable bonds is 7. The number of amides is 3. The number of aromatic nitrogens is 4. The van der Waals surface area contributed by atoms with Gasteiger partial charge in [-0.1, -0.05) is 12.5 Å². The molecule has 3 amide bonds. The van der Waals surface area contributed by atoms with Crippen molar-refractivity contribution in [1.29, 1.82) is 0 Å². The van der Waals surface area contributed by atoms with Crippen molar-refractivity contribution in [2.24, 2.45) is 0 Å². The van der Waals surface area contributed by atoms with E-state index >= 15 is 0 Å². The average molecular weight is 552 g/mol. The summed E-state index contributed by atoms with van der Waals surface area (Å²) in [7, 11) is 1.50. The topological polar surface area (TPSA) is 123 Å². The lowest BCUT2D eigenvalue weighted by Gasteiger charge is -2.22. The van der Waals surface area contributed by atoms with E-state index in [1.807, 2.05) is 36.4 Å². The van der Waals surface area contributed by atoms with Crippen LogP contribution in [0.25, 0.3) is 16.6 Å². The lowest BCUT2D eigenvalue weighted by molar-refractivity contribution is 0.0957. The van der Waals surface area contributed by atoms with Gasteiger partial charge >= 0.3 is 6.03 Å². The average Bonchev–Trinajstić information content (AvgIpc) is 3.35. The van der Waals surface area contributed by atoms with Crippen molar-refractivity contribution in [2.45, 2.75) is 25.2 Å². The Morgan fingerprint density at radius 1 is 0.951 bits per heavy atom. The lowest BCUT2D eigenvalue weighted by atomic mass is 9.83. The van der Waals surface area contributed by atoms with Crippen LogP contribution in [0.4, 0.5) is 20.7 Å². The van der Waals surface area contributed by atoms with Gasteiger partial charge in [0, 0.05) is 48.9 Å². The molecule has 0 saturated heterocycles. The fourth-order valence-corrected chi connectivity index (χ4v) is 4.58. The molecule has 41 heavy (non-hydrogen) atoms. The van der Waals surface area contributed by atoms with Gasteiger partial charge in [0.15, 0.2) is 0 Å². The molecule has 11 heteroatoms. The van der Waals surface area contributed by atoms with Gasteiger partial charge in [-0.15, -0.1) is 0 Å². The number of urea groups is 1. The van der Waals surface area contributed by atoms with Crippen molar-refractivity contribution in [3.63, 3.8) is 0 Å². The van der Waals surface area contributed by atoms with Crippen molar-refractivity contribution in [3.05, 3.63) is 96.3 Å². The smallest absolute Gasteiger partial charge is 0.324 e. The van der Waals surface area contributed by atoms with Gasteiger partial charge in [0.2, 0.25) is 0 Å². The fourth-order valence-electron chi connectivity index (χ4n) is 4.58. The van der Waals surface area contributed by atoms with Crippen LogP contribution >= 0.6 is 0 Å². The van der Waals surface area contributed by atoms with Gasteiger partial charge in [0.1, 0.15) is 28.8 Å². The molecule has 0 bridgehead atoms. The van der Waals surface area contributed by atoms with Gasteiger partial charge in [-0.2, -0.15) is 5.10 Å². The normalized spacial score (nSPS) is 12.9. The number of fused-ring (bicyclic) bond motifs is 1. The molecule has 0 radical (unpaired) electrons. The quantitative estimate of drug-likeness (QED) is 0.227. The van der Waals surface area contributed by atoms with E-state index in [0.29, 0.717) is 17.5 Å². The van der Waals surface area contributed by atoms with Crippen molar-refractivity contribution >= 4 is 34.3 Å². The summed E-state index contributed by atoms with van der Waals surface area (Å²) in [6, 6.07) is 17.9. The number of nitrogens with one attached hydrogen (secondary N) is 3. The molecule has 0 atom stereocenters. The molecule has 1 aliphatic carbocycles. The van der Waals surface area contributed by atoms with Crippen molar-refractivity contribution in [2.75, 3.05) is 17.7 Å². The number of hydrogen-bond acceptors (Lipinski definition) is 6. The maximum atomic E-state index is 14.9. The highest BCUT2D eigenvalue weighted by molar-refractivity contribution is 5.99.